The van der Waals surface area contributed by atoms with E-state index in [0.29, 0.717) is 0 Å². The van der Waals surface area contributed by atoms with Crippen LogP contribution in [0, 0.1) is 0 Å². The number of nitrogens with zero attached hydrogens (tertiary/aromatic N) is 5. The molecule has 3 rings (SSSR count). The number of thioether (sulfide) groups is 1. The molecule has 0 amide bonds. The second-order valence-electron chi connectivity index (χ2n) is 3.64. The largest absolute Gasteiger partial charge is 0.264 e. The van der Waals surface area contributed by atoms with Crippen molar-refractivity contribution in [3.8, 4) is 11.4 Å². The van der Waals surface area contributed by atoms with E-state index in [0.717, 1.165) is 27.8 Å². The summed E-state index contributed by atoms with van der Waals surface area (Å²) in [4.78, 5) is 4.09. The molecule has 0 unspecified atom stereocenters. The third-order valence-corrected chi connectivity index (χ3v) is 3.25. The van der Waals surface area contributed by atoms with Gasteiger partial charge in [-0.25, -0.2) is 0 Å². The van der Waals surface area contributed by atoms with Crippen LogP contribution in [0.15, 0.2) is 41.7 Å². The van der Waals surface area contributed by atoms with Gasteiger partial charge in [0, 0.05) is 18.0 Å². The normalized spacial score (nSPS) is 10.9. The predicted molar refractivity (Wildman–Crippen MR) is 70.4 cm³/mol. The molecule has 0 aliphatic rings. The minimum atomic E-state index is 0.719. The highest BCUT2D eigenvalue weighted by molar-refractivity contribution is 7.99. The Morgan fingerprint density at radius 2 is 2.17 bits per heavy atom. The molecule has 3 aromatic rings. The van der Waals surface area contributed by atoms with E-state index in [-0.39, 0.29) is 0 Å². The first-order valence-electron chi connectivity index (χ1n) is 5.64. The summed E-state index contributed by atoms with van der Waals surface area (Å²) < 4.78 is 1.76. The molecule has 0 fully saturated rings. The molecule has 3 heterocycles. The Balaban J connectivity index is 2.15. The Hall–Kier alpha value is -1.95. The molecule has 0 aliphatic heterocycles. The van der Waals surface area contributed by atoms with Gasteiger partial charge in [0.05, 0.1) is 0 Å². The number of hydrogen-bond acceptors (Lipinski definition) is 5. The third kappa shape index (κ3) is 1.95. The lowest BCUT2D eigenvalue weighted by atomic mass is 10.3. The molecular formula is C12H11N5S. The van der Waals surface area contributed by atoms with Crippen LogP contribution in [-0.4, -0.2) is 30.5 Å². The molecule has 0 saturated carbocycles. The molecule has 6 heteroatoms. The van der Waals surface area contributed by atoms with Gasteiger partial charge in [-0.05, 0) is 30.0 Å². The van der Waals surface area contributed by atoms with Gasteiger partial charge >= 0.3 is 0 Å². The number of hydrogen-bond donors (Lipinski definition) is 0. The quantitative estimate of drug-likeness (QED) is 0.674. The van der Waals surface area contributed by atoms with Gasteiger partial charge in [-0.2, -0.15) is 9.61 Å². The highest BCUT2D eigenvalue weighted by Gasteiger charge is 2.09. The van der Waals surface area contributed by atoms with Crippen molar-refractivity contribution in [3.63, 3.8) is 0 Å². The Kier molecular flexibility index (Phi) is 2.93. The van der Waals surface area contributed by atoms with Gasteiger partial charge in [-0.3, -0.25) is 4.98 Å². The summed E-state index contributed by atoms with van der Waals surface area (Å²) >= 11 is 1.69. The molecule has 90 valence electrons. The number of fused-ring (bicyclic) bond motifs is 1. The van der Waals surface area contributed by atoms with Crippen LogP contribution in [0.1, 0.15) is 6.92 Å². The first-order valence-corrected chi connectivity index (χ1v) is 6.62. The Morgan fingerprint density at radius 1 is 1.22 bits per heavy atom. The van der Waals surface area contributed by atoms with E-state index in [4.69, 9.17) is 0 Å². The lowest BCUT2D eigenvalue weighted by Gasteiger charge is -2.01. The van der Waals surface area contributed by atoms with Crippen molar-refractivity contribution in [1.29, 1.82) is 0 Å². The zero-order valence-electron chi connectivity index (χ0n) is 9.82. The van der Waals surface area contributed by atoms with Crippen molar-refractivity contribution >= 4 is 17.4 Å². The Labute approximate surface area is 108 Å². The minimum absolute atomic E-state index is 0.719. The first kappa shape index (κ1) is 11.2. The van der Waals surface area contributed by atoms with Gasteiger partial charge in [-0.1, -0.05) is 6.92 Å². The molecule has 0 N–H and O–H groups in total. The molecule has 0 spiro atoms. The van der Waals surface area contributed by atoms with Crippen molar-refractivity contribution in [2.45, 2.75) is 11.9 Å². The van der Waals surface area contributed by atoms with Gasteiger partial charge in [0.1, 0.15) is 5.03 Å². The predicted octanol–water partition coefficient (Wildman–Crippen LogP) is 2.30. The first-order chi connectivity index (χ1) is 8.88. The molecule has 0 aromatic carbocycles. The van der Waals surface area contributed by atoms with Gasteiger partial charge < -0.3 is 0 Å². The van der Waals surface area contributed by atoms with Crippen LogP contribution in [0.25, 0.3) is 17.0 Å². The molecule has 0 saturated heterocycles. The summed E-state index contributed by atoms with van der Waals surface area (Å²) in [6.45, 7) is 2.10. The zero-order chi connectivity index (χ0) is 12.4. The second-order valence-corrected chi connectivity index (χ2v) is 4.92. The molecule has 18 heavy (non-hydrogen) atoms. The maximum Gasteiger partial charge on any atom is 0.186 e. The van der Waals surface area contributed by atoms with Crippen molar-refractivity contribution in [3.05, 3.63) is 36.7 Å². The van der Waals surface area contributed by atoms with Crippen molar-refractivity contribution in [2.75, 3.05) is 5.75 Å². The van der Waals surface area contributed by atoms with Crippen molar-refractivity contribution in [2.24, 2.45) is 0 Å². The number of rotatable bonds is 3. The highest BCUT2D eigenvalue weighted by Crippen LogP contribution is 2.19. The lowest BCUT2D eigenvalue weighted by Crippen LogP contribution is -1.96. The molecule has 0 atom stereocenters. The van der Waals surface area contributed by atoms with Crippen LogP contribution >= 0.6 is 11.8 Å². The van der Waals surface area contributed by atoms with Crippen molar-refractivity contribution in [1.82, 2.24) is 24.8 Å². The summed E-state index contributed by atoms with van der Waals surface area (Å²) in [5.41, 5.74) is 1.66. The lowest BCUT2D eigenvalue weighted by molar-refractivity contribution is 0.860. The van der Waals surface area contributed by atoms with Gasteiger partial charge in [0.25, 0.3) is 0 Å². The molecule has 0 radical (unpaired) electrons. The van der Waals surface area contributed by atoms with E-state index < -0.39 is 0 Å². The van der Waals surface area contributed by atoms with Crippen LogP contribution in [0.2, 0.25) is 0 Å². The maximum absolute atomic E-state index is 4.53. The average Bonchev–Trinajstić information content (AvgIpc) is 2.83. The van der Waals surface area contributed by atoms with E-state index in [1.54, 1.807) is 28.7 Å². The topological polar surface area (TPSA) is 56.0 Å². The minimum Gasteiger partial charge on any atom is -0.264 e. The number of aromatic nitrogens is 5. The van der Waals surface area contributed by atoms with Crippen LogP contribution in [0.5, 0.6) is 0 Å². The Morgan fingerprint density at radius 3 is 2.94 bits per heavy atom. The summed E-state index contributed by atoms with van der Waals surface area (Å²) in [7, 11) is 0. The fraction of sp³-hybridized carbons (Fsp3) is 0.167. The van der Waals surface area contributed by atoms with E-state index in [2.05, 4.69) is 27.2 Å². The number of pyridine rings is 1. The summed E-state index contributed by atoms with van der Waals surface area (Å²) in [6.07, 6.45) is 3.50. The van der Waals surface area contributed by atoms with Crippen LogP contribution in [0.4, 0.5) is 0 Å². The average molecular weight is 257 g/mol. The standard InChI is InChI=1S/C12H11N5S/c1-2-18-11-6-5-10-14-15-12(17(10)16-11)9-4-3-7-13-8-9/h3-8H,2H2,1H3. The van der Waals surface area contributed by atoms with E-state index in [1.807, 2.05) is 24.3 Å². The summed E-state index contributed by atoms with van der Waals surface area (Å²) in [5, 5.41) is 13.8. The van der Waals surface area contributed by atoms with Gasteiger partial charge in [0.2, 0.25) is 0 Å². The highest BCUT2D eigenvalue weighted by atomic mass is 32.2. The molecular weight excluding hydrogens is 246 g/mol. The molecule has 0 bridgehead atoms. The van der Waals surface area contributed by atoms with E-state index in [1.165, 1.54) is 0 Å². The summed E-state index contributed by atoms with van der Waals surface area (Å²) in [5.74, 6) is 1.71. The molecule has 0 aliphatic carbocycles. The monoisotopic (exact) mass is 257 g/mol. The third-order valence-electron chi connectivity index (χ3n) is 2.45. The van der Waals surface area contributed by atoms with Crippen LogP contribution in [-0.2, 0) is 0 Å². The maximum atomic E-state index is 4.53. The fourth-order valence-corrected chi connectivity index (χ4v) is 2.27. The van der Waals surface area contributed by atoms with Crippen LogP contribution in [0.3, 0.4) is 0 Å². The molecule has 5 nitrogen and oxygen atoms in total. The second kappa shape index (κ2) is 4.73. The van der Waals surface area contributed by atoms with Gasteiger partial charge in [-0.15, -0.1) is 22.0 Å². The van der Waals surface area contributed by atoms with Gasteiger partial charge in [0.15, 0.2) is 11.5 Å². The molecule has 3 aromatic heterocycles. The smallest absolute Gasteiger partial charge is 0.186 e. The Bertz CT molecular complexity index is 665. The van der Waals surface area contributed by atoms with Crippen molar-refractivity contribution < 1.29 is 0 Å². The van der Waals surface area contributed by atoms with Crippen LogP contribution < -0.4 is 0 Å². The SMILES string of the molecule is CCSc1ccc2nnc(-c3cccnc3)n2n1. The zero-order valence-corrected chi connectivity index (χ0v) is 10.6. The summed E-state index contributed by atoms with van der Waals surface area (Å²) in [6, 6.07) is 7.72. The van der Waals surface area contributed by atoms with E-state index >= 15 is 0 Å². The fourth-order valence-electron chi connectivity index (χ4n) is 1.67. The van der Waals surface area contributed by atoms with E-state index in [9.17, 15) is 0 Å².